The third-order valence-corrected chi connectivity index (χ3v) is 1.83. The van der Waals surface area contributed by atoms with Gasteiger partial charge in [0.1, 0.15) is 5.76 Å². The molecule has 0 bridgehead atoms. The molecule has 1 heterocycles. The molecule has 7 heteroatoms. The Balaban J connectivity index is 2.27. The molecule has 0 aliphatic carbocycles. The maximum Gasteiger partial charge on any atom is 0.321 e. The van der Waals surface area contributed by atoms with Crippen LogP contribution in [0.3, 0.4) is 0 Å². The third kappa shape index (κ3) is 4.31. The highest BCUT2D eigenvalue weighted by atomic mass is 35.5. The molecular formula is C9H12ClN3O3. The molecule has 0 unspecified atom stereocenters. The number of urea groups is 1. The van der Waals surface area contributed by atoms with Crippen molar-refractivity contribution in [3.8, 4) is 0 Å². The molecule has 0 fully saturated rings. The summed E-state index contributed by atoms with van der Waals surface area (Å²) in [6, 6.07) is -0.592. The normalized spacial score (nSPS) is 9.88. The molecule has 3 amide bonds. The number of imide groups is 1. The molecule has 1 aromatic rings. The van der Waals surface area contributed by atoms with E-state index in [2.05, 4.69) is 15.6 Å². The Hall–Kier alpha value is -1.56. The van der Waals surface area contributed by atoms with E-state index in [-0.39, 0.29) is 18.8 Å². The molecular weight excluding hydrogens is 234 g/mol. The summed E-state index contributed by atoms with van der Waals surface area (Å²) in [7, 11) is 0. The summed E-state index contributed by atoms with van der Waals surface area (Å²) in [6.07, 6.45) is 1.65. The minimum Gasteiger partial charge on any atom is -0.444 e. The van der Waals surface area contributed by atoms with Crippen LogP contribution in [0.15, 0.2) is 10.6 Å². The van der Waals surface area contributed by atoms with Gasteiger partial charge in [0.2, 0.25) is 11.8 Å². The van der Waals surface area contributed by atoms with Crippen molar-refractivity contribution in [1.29, 1.82) is 0 Å². The number of rotatable bonds is 4. The number of aryl methyl sites for hydroxylation is 1. The maximum atomic E-state index is 11.2. The van der Waals surface area contributed by atoms with Crippen LogP contribution in [0.5, 0.6) is 0 Å². The van der Waals surface area contributed by atoms with Crippen molar-refractivity contribution >= 4 is 23.5 Å². The number of nitrogens with zero attached hydrogens (tertiary/aromatic N) is 1. The van der Waals surface area contributed by atoms with E-state index in [4.69, 9.17) is 16.0 Å². The highest BCUT2D eigenvalue weighted by Crippen LogP contribution is 2.00. The summed E-state index contributed by atoms with van der Waals surface area (Å²) >= 11 is 5.34. The molecule has 0 spiro atoms. The fourth-order valence-corrected chi connectivity index (χ4v) is 1.13. The van der Waals surface area contributed by atoms with Crippen LogP contribution in [0.2, 0.25) is 0 Å². The molecule has 0 saturated carbocycles. The summed E-state index contributed by atoms with van der Waals surface area (Å²) < 4.78 is 5.13. The lowest BCUT2D eigenvalue weighted by molar-refractivity contribution is -0.119. The van der Waals surface area contributed by atoms with Crippen LogP contribution in [-0.2, 0) is 11.3 Å². The standard InChI is InChI=1S/C9H12ClN3O3/c1-6-4-11-8(16-6)5-12-9(15)13-7(14)2-3-10/h4H,2-3,5H2,1H3,(H2,12,13,14,15). The fraction of sp³-hybridized carbons (Fsp3) is 0.444. The first-order valence-corrected chi connectivity index (χ1v) is 5.20. The minimum absolute atomic E-state index is 0.104. The Bertz CT molecular complexity index is 378. The molecule has 0 atom stereocenters. The summed E-state index contributed by atoms with van der Waals surface area (Å²) in [4.78, 5) is 26.0. The first kappa shape index (κ1) is 12.5. The van der Waals surface area contributed by atoms with Crippen LogP contribution in [0.25, 0.3) is 0 Å². The predicted octanol–water partition coefficient (Wildman–Crippen LogP) is 0.938. The van der Waals surface area contributed by atoms with E-state index >= 15 is 0 Å². The third-order valence-electron chi connectivity index (χ3n) is 1.64. The molecule has 0 aromatic carbocycles. The number of nitrogens with one attached hydrogen (secondary N) is 2. The van der Waals surface area contributed by atoms with Crippen LogP contribution in [0.1, 0.15) is 18.1 Å². The lowest BCUT2D eigenvalue weighted by Gasteiger charge is -2.03. The Kier molecular flexibility index (Phi) is 4.78. The molecule has 1 aromatic heterocycles. The lowest BCUT2D eigenvalue weighted by atomic mass is 10.4. The van der Waals surface area contributed by atoms with E-state index in [0.717, 1.165) is 0 Å². The van der Waals surface area contributed by atoms with Gasteiger partial charge in [-0.15, -0.1) is 11.6 Å². The quantitative estimate of drug-likeness (QED) is 0.773. The Morgan fingerprint density at radius 1 is 1.56 bits per heavy atom. The summed E-state index contributed by atoms with van der Waals surface area (Å²) in [5.41, 5.74) is 0. The molecule has 16 heavy (non-hydrogen) atoms. The number of hydrogen-bond donors (Lipinski definition) is 2. The molecule has 2 N–H and O–H groups in total. The zero-order valence-electron chi connectivity index (χ0n) is 8.75. The SMILES string of the molecule is Cc1cnc(CNC(=O)NC(=O)CCCl)o1. The van der Waals surface area contributed by atoms with Gasteiger partial charge < -0.3 is 9.73 Å². The summed E-state index contributed by atoms with van der Waals surface area (Å²) in [6.45, 7) is 1.88. The van der Waals surface area contributed by atoms with Crippen LogP contribution >= 0.6 is 11.6 Å². The number of oxazole rings is 1. The van der Waals surface area contributed by atoms with Gasteiger partial charge in [0.25, 0.3) is 0 Å². The summed E-state index contributed by atoms with van der Waals surface area (Å²) in [5, 5.41) is 4.55. The first-order valence-electron chi connectivity index (χ1n) is 4.66. The van der Waals surface area contributed by atoms with Crippen LogP contribution in [-0.4, -0.2) is 22.8 Å². The fourth-order valence-electron chi connectivity index (χ4n) is 0.958. The highest BCUT2D eigenvalue weighted by Gasteiger charge is 2.07. The van der Waals surface area contributed by atoms with Gasteiger partial charge in [0.05, 0.1) is 12.7 Å². The monoisotopic (exact) mass is 245 g/mol. The van der Waals surface area contributed by atoms with E-state index in [1.165, 1.54) is 0 Å². The van der Waals surface area contributed by atoms with E-state index in [9.17, 15) is 9.59 Å². The van der Waals surface area contributed by atoms with Gasteiger partial charge in [-0.2, -0.15) is 0 Å². The molecule has 88 valence electrons. The zero-order valence-corrected chi connectivity index (χ0v) is 9.50. The van der Waals surface area contributed by atoms with Gasteiger partial charge in [-0.25, -0.2) is 9.78 Å². The first-order chi connectivity index (χ1) is 7.61. The highest BCUT2D eigenvalue weighted by molar-refractivity contribution is 6.19. The van der Waals surface area contributed by atoms with Gasteiger partial charge in [-0.3, -0.25) is 10.1 Å². The van der Waals surface area contributed by atoms with Crippen molar-refractivity contribution in [3.63, 3.8) is 0 Å². The lowest BCUT2D eigenvalue weighted by Crippen LogP contribution is -2.39. The van der Waals surface area contributed by atoms with Crippen LogP contribution < -0.4 is 10.6 Å². The van der Waals surface area contributed by atoms with Crippen molar-refractivity contribution in [1.82, 2.24) is 15.6 Å². The number of halogens is 1. The van der Waals surface area contributed by atoms with Crippen molar-refractivity contribution in [2.45, 2.75) is 19.9 Å². The van der Waals surface area contributed by atoms with Crippen molar-refractivity contribution in [3.05, 3.63) is 17.8 Å². The smallest absolute Gasteiger partial charge is 0.321 e. The second-order valence-electron chi connectivity index (χ2n) is 3.03. The molecule has 0 aliphatic rings. The second kappa shape index (κ2) is 6.12. The number of hydrogen-bond acceptors (Lipinski definition) is 4. The minimum atomic E-state index is -0.592. The Morgan fingerprint density at radius 3 is 2.88 bits per heavy atom. The number of carbonyl (C=O) groups is 2. The van der Waals surface area contributed by atoms with Gasteiger partial charge in [-0.05, 0) is 6.92 Å². The molecule has 6 nitrogen and oxygen atoms in total. The Morgan fingerprint density at radius 2 is 2.31 bits per heavy atom. The van der Waals surface area contributed by atoms with Gasteiger partial charge >= 0.3 is 6.03 Å². The zero-order chi connectivity index (χ0) is 12.0. The molecule has 0 radical (unpaired) electrons. The molecule has 1 rings (SSSR count). The molecule has 0 saturated heterocycles. The van der Waals surface area contributed by atoms with E-state index in [0.29, 0.717) is 11.7 Å². The van der Waals surface area contributed by atoms with Crippen molar-refractivity contribution < 1.29 is 14.0 Å². The number of aromatic nitrogens is 1. The number of amides is 3. The van der Waals surface area contributed by atoms with E-state index < -0.39 is 11.9 Å². The van der Waals surface area contributed by atoms with Crippen molar-refractivity contribution in [2.24, 2.45) is 0 Å². The average Bonchev–Trinajstić information content (AvgIpc) is 2.61. The number of alkyl halides is 1. The topological polar surface area (TPSA) is 84.2 Å². The maximum absolute atomic E-state index is 11.2. The van der Waals surface area contributed by atoms with Crippen LogP contribution in [0, 0.1) is 6.92 Å². The Labute approximate surface area is 97.4 Å². The largest absolute Gasteiger partial charge is 0.444 e. The van der Waals surface area contributed by atoms with E-state index in [1.807, 2.05) is 0 Å². The summed E-state index contributed by atoms with van der Waals surface area (Å²) in [5.74, 6) is 0.807. The van der Waals surface area contributed by atoms with Gasteiger partial charge in [0, 0.05) is 12.3 Å². The average molecular weight is 246 g/mol. The van der Waals surface area contributed by atoms with E-state index in [1.54, 1.807) is 13.1 Å². The number of carbonyl (C=O) groups excluding carboxylic acids is 2. The van der Waals surface area contributed by atoms with Gasteiger partial charge in [-0.1, -0.05) is 0 Å². The predicted molar refractivity (Wildman–Crippen MR) is 57.0 cm³/mol. The second-order valence-corrected chi connectivity index (χ2v) is 3.41. The van der Waals surface area contributed by atoms with Crippen LogP contribution in [0.4, 0.5) is 4.79 Å². The molecule has 0 aliphatic heterocycles. The van der Waals surface area contributed by atoms with Crippen molar-refractivity contribution in [2.75, 3.05) is 5.88 Å². The van der Waals surface area contributed by atoms with Gasteiger partial charge in [0.15, 0.2) is 0 Å².